The van der Waals surface area contributed by atoms with Gasteiger partial charge in [-0.3, -0.25) is 4.79 Å². The Morgan fingerprint density at radius 3 is 2.43 bits per heavy atom. The molecule has 1 saturated carbocycles. The molecule has 6 heteroatoms. The van der Waals surface area contributed by atoms with Crippen molar-refractivity contribution in [3.63, 3.8) is 0 Å². The first kappa shape index (κ1) is 22.2. The minimum atomic E-state index is -0.943. The molecule has 2 aromatic rings. The molecule has 1 aliphatic carbocycles. The summed E-state index contributed by atoms with van der Waals surface area (Å²) in [6, 6.07) is 12.7. The molecular weight excluding hydrogens is 400 g/mol. The van der Waals surface area contributed by atoms with Crippen LogP contribution in [0.25, 0.3) is 0 Å². The quantitative estimate of drug-likeness (QED) is 0.608. The van der Waals surface area contributed by atoms with Crippen molar-refractivity contribution in [2.24, 2.45) is 0 Å². The van der Waals surface area contributed by atoms with Gasteiger partial charge in [0, 0.05) is 29.8 Å². The maximum atomic E-state index is 13.0. The van der Waals surface area contributed by atoms with Crippen LogP contribution in [-0.2, 0) is 6.42 Å². The molecule has 1 aliphatic rings. The number of hydrogen-bond donors (Lipinski definition) is 2. The van der Waals surface area contributed by atoms with Gasteiger partial charge < -0.3 is 15.3 Å². The molecule has 0 aromatic heterocycles. The Hall–Kier alpha value is -2.53. The molecule has 0 atom stereocenters. The predicted octanol–water partition coefficient (Wildman–Crippen LogP) is 5.17. The first-order valence-corrected chi connectivity index (χ1v) is 11.0. The van der Waals surface area contributed by atoms with E-state index in [0.717, 1.165) is 30.6 Å². The molecule has 2 aromatic carbocycles. The van der Waals surface area contributed by atoms with E-state index in [4.69, 9.17) is 16.7 Å². The zero-order valence-corrected chi connectivity index (χ0v) is 18.1. The van der Waals surface area contributed by atoms with Crippen LogP contribution in [0.1, 0.15) is 65.3 Å². The summed E-state index contributed by atoms with van der Waals surface area (Å²) < 4.78 is 0. The first-order valence-electron chi connectivity index (χ1n) is 10.7. The van der Waals surface area contributed by atoms with Crippen molar-refractivity contribution in [1.29, 1.82) is 0 Å². The monoisotopic (exact) mass is 428 g/mol. The van der Waals surface area contributed by atoms with Crippen LogP contribution in [0.5, 0.6) is 0 Å². The summed E-state index contributed by atoms with van der Waals surface area (Å²) in [6.07, 6.45) is 6.69. The molecule has 3 rings (SSSR count). The molecule has 1 amide bonds. The van der Waals surface area contributed by atoms with Gasteiger partial charge in [-0.1, -0.05) is 43.0 Å². The van der Waals surface area contributed by atoms with Crippen molar-refractivity contribution in [2.75, 3.05) is 18.0 Å². The zero-order chi connectivity index (χ0) is 21.5. The van der Waals surface area contributed by atoms with E-state index < -0.39 is 5.97 Å². The summed E-state index contributed by atoms with van der Waals surface area (Å²) in [4.78, 5) is 26.3. The summed E-state index contributed by atoms with van der Waals surface area (Å²) in [5.74, 6) is -1.08. The number of carboxylic acids is 1. The van der Waals surface area contributed by atoms with Gasteiger partial charge in [-0.05, 0) is 62.1 Å². The number of carboxylic acid groups (broad SMARTS) is 1. The average Bonchev–Trinajstić information content (AvgIpc) is 2.76. The number of carbonyl (C=O) groups is 2. The minimum absolute atomic E-state index is 0.135. The lowest BCUT2D eigenvalue weighted by molar-refractivity contribution is 0.0696. The van der Waals surface area contributed by atoms with E-state index in [1.807, 2.05) is 12.1 Å². The molecule has 0 bridgehead atoms. The molecule has 1 fully saturated rings. The van der Waals surface area contributed by atoms with Gasteiger partial charge in [0.05, 0.1) is 11.1 Å². The SMILES string of the molecule is CCN(c1ccc(Cl)cc1C(=O)NCCc1ccc(C(=O)O)cc1)C1CCCCC1. The highest BCUT2D eigenvalue weighted by atomic mass is 35.5. The minimum Gasteiger partial charge on any atom is -0.478 e. The van der Waals surface area contributed by atoms with E-state index in [0.29, 0.717) is 29.6 Å². The fraction of sp³-hybridized carbons (Fsp3) is 0.417. The number of benzene rings is 2. The molecule has 2 N–H and O–H groups in total. The van der Waals surface area contributed by atoms with Gasteiger partial charge in [0.1, 0.15) is 0 Å². The van der Waals surface area contributed by atoms with Crippen LogP contribution in [0.3, 0.4) is 0 Å². The summed E-state index contributed by atoms with van der Waals surface area (Å²) >= 11 is 6.22. The first-order chi connectivity index (χ1) is 14.5. The number of aromatic carboxylic acids is 1. The van der Waals surface area contributed by atoms with E-state index in [1.54, 1.807) is 30.3 Å². The Kier molecular flexibility index (Phi) is 7.75. The van der Waals surface area contributed by atoms with Crippen molar-refractivity contribution in [2.45, 2.75) is 51.5 Å². The number of rotatable bonds is 8. The third kappa shape index (κ3) is 5.54. The molecule has 0 saturated heterocycles. The highest BCUT2D eigenvalue weighted by Gasteiger charge is 2.24. The lowest BCUT2D eigenvalue weighted by Crippen LogP contribution is -2.38. The maximum Gasteiger partial charge on any atom is 0.335 e. The lowest BCUT2D eigenvalue weighted by atomic mass is 9.93. The van der Waals surface area contributed by atoms with Crippen molar-refractivity contribution in [3.8, 4) is 0 Å². The van der Waals surface area contributed by atoms with Gasteiger partial charge in [-0.25, -0.2) is 4.79 Å². The van der Waals surface area contributed by atoms with Gasteiger partial charge in [0.25, 0.3) is 5.91 Å². The highest BCUT2D eigenvalue weighted by Crippen LogP contribution is 2.31. The van der Waals surface area contributed by atoms with Crippen molar-refractivity contribution in [1.82, 2.24) is 5.32 Å². The zero-order valence-electron chi connectivity index (χ0n) is 17.4. The van der Waals surface area contributed by atoms with Crippen LogP contribution in [0.2, 0.25) is 5.02 Å². The van der Waals surface area contributed by atoms with Crippen LogP contribution >= 0.6 is 11.6 Å². The number of halogens is 1. The fourth-order valence-electron chi connectivity index (χ4n) is 4.19. The Balaban J connectivity index is 1.68. The van der Waals surface area contributed by atoms with E-state index in [9.17, 15) is 9.59 Å². The number of hydrogen-bond acceptors (Lipinski definition) is 3. The number of nitrogens with one attached hydrogen (secondary N) is 1. The van der Waals surface area contributed by atoms with Gasteiger partial charge in [-0.2, -0.15) is 0 Å². The number of carbonyl (C=O) groups excluding carboxylic acids is 1. The molecule has 30 heavy (non-hydrogen) atoms. The van der Waals surface area contributed by atoms with E-state index >= 15 is 0 Å². The lowest BCUT2D eigenvalue weighted by Gasteiger charge is -2.36. The maximum absolute atomic E-state index is 13.0. The van der Waals surface area contributed by atoms with E-state index in [1.165, 1.54) is 19.3 Å². The summed E-state index contributed by atoms with van der Waals surface area (Å²) in [6.45, 7) is 3.45. The molecule has 0 heterocycles. The molecule has 0 spiro atoms. The molecular formula is C24H29ClN2O3. The average molecular weight is 429 g/mol. The van der Waals surface area contributed by atoms with Crippen molar-refractivity contribution in [3.05, 3.63) is 64.2 Å². The Morgan fingerprint density at radius 2 is 1.80 bits per heavy atom. The van der Waals surface area contributed by atoms with Crippen LogP contribution in [0, 0.1) is 0 Å². The number of amides is 1. The smallest absolute Gasteiger partial charge is 0.335 e. The third-order valence-corrected chi connectivity index (χ3v) is 6.00. The van der Waals surface area contributed by atoms with Crippen LogP contribution in [0.4, 0.5) is 5.69 Å². The number of anilines is 1. The van der Waals surface area contributed by atoms with E-state index in [-0.39, 0.29) is 11.5 Å². The Labute approximate surface area is 183 Å². The van der Waals surface area contributed by atoms with Gasteiger partial charge in [0.15, 0.2) is 0 Å². The van der Waals surface area contributed by atoms with Crippen LogP contribution in [0.15, 0.2) is 42.5 Å². The van der Waals surface area contributed by atoms with Gasteiger partial charge >= 0.3 is 5.97 Å². The standard InChI is InChI=1S/C24H29ClN2O3/c1-2-27(20-6-4-3-5-7-20)22-13-12-19(25)16-21(22)23(28)26-15-14-17-8-10-18(11-9-17)24(29)30/h8-13,16,20H,2-7,14-15H2,1H3,(H,26,28)(H,29,30). The molecule has 0 unspecified atom stereocenters. The topological polar surface area (TPSA) is 69.6 Å². The molecule has 0 radical (unpaired) electrons. The second-order valence-electron chi connectivity index (χ2n) is 7.75. The summed E-state index contributed by atoms with van der Waals surface area (Å²) in [7, 11) is 0. The summed E-state index contributed by atoms with van der Waals surface area (Å²) in [5, 5.41) is 12.5. The second kappa shape index (κ2) is 10.5. The number of nitrogens with zero attached hydrogens (tertiary/aromatic N) is 1. The Morgan fingerprint density at radius 1 is 1.10 bits per heavy atom. The van der Waals surface area contributed by atoms with Gasteiger partial charge in [-0.15, -0.1) is 0 Å². The second-order valence-corrected chi connectivity index (χ2v) is 8.18. The largest absolute Gasteiger partial charge is 0.478 e. The highest BCUT2D eigenvalue weighted by molar-refractivity contribution is 6.31. The normalized spacial score (nSPS) is 14.3. The van der Waals surface area contributed by atoms with Crippen molar-refractivity contribution >= 4 is 29.2 Å². The van der Waals surface area contributed by atoms with E-state index in [2.05, 4.69) is 17.1 Å². The van der Waals surface area contributed by atoms with Crippen LogP contribution < -0.4 is 10.2 Å². The molecule has 0 aliphatic heterocycles. The molecule has 5 nitrogen and oxygen atoms in total. The predicted molar refractivity (Wildman–Crippen MR) is 121 cm³/mol. The third-order valence-electron chi connectivity index (χ3n) is 5.77. The summed E-state index contributed by atoms with van der Waals surface area (Å²) in [5.41, 5.74) is 2.78. The molecule has 160 valence electrons. The van der Waals surface area contributed by atoms with Gasteiger partial charge in [0.2, 0.25) is 0 Å². The van der Waals surface area contributed by atoms with Crippen LogP contribution in [-0.4, -0.2) is 36.1 Å². The fourth-order valence-corrected chi connectivity index (χ4v) is 4.36. The Bertz CT molecular complexity index is 877. The van der Waals surface area contributed by atoms with Crippen molar-refractivity contribution < 1.29 is 14.7 Å².